The average Bonchev–Trinajstić information content (AvgIpc) is 2.74. The fourth-order valence-corrected chi connectivity index (χ4v) is 3.06. The monoisotopic (exact) mass is 467 g/mol. The number of hydrazone groups is 1. The molecule has 0 fully saturated rings. The third kappa shape index (κ3) is 5.21. The first kappa shape index (κ1) is 21.9. The number of ether oxygens (including phenoxy) is 2. The molecule has 1 aromatic heterocycles. The minimum absolute atomic E-state index is 0.115. The summed E-state index contributed by atoms with van der Waals surface area (Å²) in [6, 6.07) is 8.52. The topological polar surface area (TPSA) is 101 Å². The summed E-state index contributed by atoms with van der Waals surface area (Å²) in [6.45, 7) is 1.80. The quantitative estimate of drug-likeness (QED) is 0.301. The number of nitrogens with one attached hydrogen (secondary N) is 2. The van der Waals surface area contributed by atoms with E-state index in [0.717, 1.165) is 5.56 Å². The molecule has 0 atom stereocenters. The molecule has 0 unspecified atom stereocenters. The number of benzene rings is 2. The molecule has 2 aromatic carbocycles. The number of methoxy groups -OCH3 is 1. The second kappa shape index (κ2) is 9.80. The number of halogens is 3. The Morgan fingerprint density at radius 3 is 2.70 bits per heavy atom. The van der Waals surface area contributed by atoms with Crippen LogP contribution in [0.3, 0.4) is 0 Å². The van der Waals surface area contributed by atoms with E-state index in [9.17, 15) is 4.79 Å². The Kier molecular flexibility index (Phi) is 7.15. The molecule has 0 aliphatic rings. The molecule has 0 bridgehead atoms. The third-order valence-corrected chi connectivity index (χ3v) is 5.16. The summed E-state index contributed by atoms with van der Waals surface area (Å²) in [4.78, 5) is 15.0. The highest BCUT2D eigenvalue weighted by Crippen LogP contribution is 2.34. The second-order valence-corrected chi connectivity index (χ2v) is 7.16. The van der Waals surface area contributed by atoms with Crippen molar-refractivity contribution in [3.63, 3.8) is 0 Å². The van der Waals surface area contributed by atoms with Crippen LogP contribution < -0.4 is 20.6 Å². The highest BCUT2D eigenvalue weighted by Gasteiger charge is 2.12. The smallest absolute Gasteiger partial charge is 0.363 e. The predicted octanol–water partition coefficient (Wildman–Crippen LogP) is 4.47. The van der Waals surface area contributed by atoms with Gasteiger partial charge in [-0.3, -0.25) is 5.43 Å². The molecule has 0 spiro atoms. The van der Waals surface area contributed by atoms with Crippen LogP contribution in [0.25, 0.3) is 0 Å². The van der Waals surface area contributed by atoms with E-state index in [0.29, 0.717) is 37.8 Å². The lowest BCUT2D eigenvalue weighted by Gasteiger charge is -2.13. The predicted molar refractivity (Wildman–Crippen MR) is 117 cm³/mol. The highest BCUT2D eigenvalue weighted by atomic mass is 35.5. The van der Waals surface area contributed by atoms with Crippen LogP contribution in [-0.2, 0) is 6.61 Å². The van der Waals surface area contributed by atoms with Crippen LogP contribution >= 0.6 is 34.8 Å². The van der Waals surface area contributed by atoms with Gasteiger partial charge in [0.15, 0.2) is 17.3 Å². The summed E-state index contributed by atoms with van der Waals surface area (Å²) in [5.41, 5.74) is 3.92. The molecule has 156 valence electrons. The number of H-pyrrole nitrogens is 1. The van der Waals surface area contributed by atoms with Crippen molar-refractivity contribution in [1.82, 2.24) is 15.2 Å². The lowest BCUT2D eigenvalue weighted by molar-refractivity contribution is 0.284. The van der Waals surface area contributed by atoms with E-state index in [1.807, 2.05) is 0 Å². The fraction of sp³-hybridized carbons (Fsp3) is 0.158. The lowest BCUT2D eigenvalue weighted by atomic mass is 10.2. The second-order valence-electron chi connectivity index (χ2n) is 5.97. The molecule has 0 saturated heterocycles. The zero-order chi connectivity index (χ0) is 21.7. The van der Waals surface area contributed by atoms with Gasteiger partial charge in [0, 0.05) is 10.6 Å². The van der Waals surface area contributed by atoms with Crippen LogP contribution in [0.5, 0.6) is 11.5 Å². The molecule has 0 aliphatic heterocycles. The van der Waals surface area contributed by atoms with Crippen LogP contribution in [-0.4, -0.2) is 28.5 Å². The minimum atomic E-state index is -0.568. The highest BCUT2D eigenvalue weighted by molar-refractivity contribution is 6.44. The molecule has 3 rings (SSSR count). The van der Waals surface area contributed by atoms with Gasteiger partial charge < -0.3 is 9.47 Å². The van der Waals surface area contributed by atoms with Crippen molar-refractivity contribution in [1.29, 1.82) is 0 Å². The number of hydrogen-bond donors (Lipinski definition) is 2. The molecular weight excluding hydrogens is 453 g/mol. The number of hydrogen-bond acceptors (Lipinski definition) is 7. The van der Waals surface area contributed by atoms with Crippen LogP contribution in [0, 0.1) is 6.92 Å². The Hall–Kier alpha value is -2.81. The Balaban J connectivity index is 1.73. The van der Waals surface area contributed by atoms with Crippen molar-refractivity contribution >= 4 is 46.8 Å². The first-order valence-corrected chi connectivity index (χ1v) is 9.68. The van der Waals surface area contributed by atoms with Crippen molar-refractivity contribution in [3.05, 3.63) is 72.7 Å². The van der Waals surface area contributed by atoms with Crippen molar-refractivity contribution in [3.8, 4) is 11.5 Å². The van der Waals surface area contributed by atoms with E-state index in [1.54, 1.807) is 43.5 Å². The van der Waals surface area contributed by atoms with Gasteiger partial charge in [-0.25, -0.2) is 9.89 Å². The van der Waals surface area contributed by atoms with Crippen LogP contribution in [0.15, 0.2) is 40.2 Å². The number of rotatable bonds is 7. The molecule has 0 aliphatic carbocycles. The Labute approximate surface area is 186 Å². The van der Waals surface area contributed by atoms with Gasteiger partial charge in [0.1, 0.15) is 12.3 Å². The summed E-state index contributed by atoms with van der Waals surface area (Å²) >= 11 is 18.4. The van der Waals surface area contributed by atoms with E-state index in [4.69, 9.17) is 44.3 Å². The van der Waals surface area contributed by atoms with Gasteiger partial charge in [0.25, 0.3) is 0 Å². The van der Waals surface area contributed by atoms with Crippen LogP contribution in [0.1, 0.15) is 16.8 Å². The maximum Gasteiger partial charge on any atom is 0.363 e. The summed E-state index contributed by atoms with van der Waals surface area (Å²) in [6.07, 6.45) is 1.54. The van der Waals surface area contributed by atoms with Gasteiger partial charge in [-0.2, -0.15) is 15.2 Å². The molecule has 1 heterocycles. The van der Waals surface area contributed by atoms with Gasteiger partial charge in [-0.05, 0) is 42.8 Å². The Bertz CT molecular complexity index is 1150. The van der Waals surface area contributed by atoms with Crippen molar-refractivity contribution in [2.75, 3.05) is 12.5 Å². The lowest BCUT2D eigenvalue weighted by Crippen LogP contribution is -2.15. The molecule has 0 amide bonds. The standard InChI is InChI=1S/C19H16Cl3N5O3/c1-10-18(24-19(28)27-25-10)26-23-8-11-3-6-15(16(7-11)29-2)30-9-12-13(20)4-5-14(21)17(12)22/h3-8H,9H2,1-2H3,(H2,24,26,27,28)/b23-8-. The molecule has 0 radical (unpaired) electrons. The fourth-order valence-electron chi connectivity index (χ4n) is 2.40. The molecule has 8 nitrogen and oxygen atoms in total. The van der Waals surface area contributed by atoms with Crippen molar-refractivity contribution in [2.45, 2.75) is 13.5 Å². The normalized spacial score (nSPS) is 11.0. The van der Waals surface area contributed by atoms with Crippen LogP contribution in [0.4, 0.5) is 5.82 Å². The van der Waals surface area contributed by atoms with E-state index >= 15 is 0 Å². The summed E-state index contributed by atoms with van der Waals surface area (Å²) in [5.74, 6) is 1.24. The maximum atomic E-state index is 11.2. The molecular formula is C19H16Cl3N5O3. The SMILES string of the molecule is COc1cc(/C=N\Nc2nc(=O)[nH]nc2C)ccc1OCc1c(Cl)ccc(Cl)c1Cl. The zero-order valence-corrected chi connectivity index (χ0v) is 18.1. The van der Waals surface area contributed by atoms with Gasteiger partial charge in [0.05, 0.1) is 23.4 Å². The number of aromatic nitrogens is 3. The van der Waals surface area contributed by atoms with Crippen molar-refractivity contribution in [2.24, 2.45) is 5.10 Å². The van der Waals surface area contributed by atoms with Crippen molar-refractivity contribution < 1.29 is 9.47 Å². The Morgan fingerprint density at radius 1 is 1.17 bits per heavy atom. The van der Waals surface area contributed by atoms with E-state index in [1.165, 1.54) is 7.11 Å². The van der Waals surface area contributed by atoms with Gasteiger partial charge in [-0.15, -0.1) is 0 Å². The number of anilines is 1. The van der Waals surface area contributed by atoms with Crippen LogP contribution in [0.2, 0.25) is 15.1 Å². The average molecular weight is 469 g/mol. The molecule has 30 heavy (non-hydrogen) atoms. The van der Waals surface area contributed by atoms with Gasteiger partial charge >= 0.3 is 5.69 Å². The van der Waals surface area contributed by atoms with E-state index in [-0.39, 0.29) is 12.4 Å². The zero-order valence-electron chi connectivity index (χ0n) is 15.9. The van der Waals surface area contributed by atoms with Gasteiger partial charge in [0.2, 0.25) is 0 Å². The number of aryl methyl sites for hydroxylation is 1. The Morgan fingerprint density at radius 2 is 1.93 bits per heavy atom. The molecule has 0 saturated carbocycles. The molecule has 11 heteroatoms. The first-order chi connectivity index (χ1) is 14.4. The molecule has 2 N–H and O–H groups in total. The third-order valence-electron chi connectivity index (χ3n) is 3.96. The minimum Gasteiger partial charge on any atom is -0.493 e. The van der Waals surface area contributed by atoms with E-state index in [2.05, 4.69) is 25.7 Å². The maximum absolute atomic E-state index is 11.2. The largest absolute Gasteiger partial charge is 0.493 e. The number of nitrogens with zero attached hydrogens (tertiary/aromatic N) is 3. The van der Waals surface area contributed by atoms with Gasteiger partial charge in [-0.1, -0.05) is 34.8 Å². The summed E-state index contributed by atoms with van der Waals surface area (Å²) < 4.78 is 11.2. The summed E-state index contributed by atoms with van der Waals surface area (Å²) in [7, 11) is 1.52. The molecule has 3 aromatic rings. The first-order valence-electron chi connectivity index (χ1n) is 8.54. The number of aromatic amines is 1. The summed E-state index contributed by atoms with van der Waals surface area (Å²) in [5, 5.41) is 11.3. The van der Waals surface area contributed by atoms with E-state index < -0.39 is 5.69 Å².